The summed E-state index contributed by atoms with van der Waals surface area (Å²) in [6.07, 6.45) is 3.21. The molecule has 0 unspecified atom stereocenters. The number of benzene rings is 1. The van der Waals surface area contributed by atoms with Crippen LogP contribution in [0.1, 0.15) is 18.4 Å². The van der Waals surface area contributed by atoms with E-state index in [0.29, 0.717) is 18.7 Å². The van der Waals surface area contributed by atoms with Gasteiger partial charge in [-0.2, -0.15) is 5.26 Å². The first kappa shape index (κ1) is 16.4. The van der Waals surface area contributed by atoms with E-state index in [1.807, 2.05) is 35.2 Å². The summed E-state index contributed by atoms with van der Waals surface area (Å²) in [6, 6.07) is 13.5. The molecule has 0 spiro atoms. The molecule has 0 aliphatic carbocycles. The number of pyridine rings is 1. The summed E-state index contributed by atoms with van der Waals surface area (Å²) >= 11 is 0. The summed E-state index contributed by atoms with van der Waals surface area (Å²) in [4.78, 5) is 21.4. The lowest BCUT2D eigenvalue weighted by molar-refractivity contribution is -0.123. The lowest BCUT2D eigenvalue weighted by atomic mass is 9.94. The fourth-order valence-electron chi connectivity index (χ4n) is 3.61. The molecular formula is C20H20N4O2. The van der Waals surface area contributed by atoms with E-state index >= 15 is 0 Å². The summed E-state index contributed by atoms with van der Waals surface area (Å²) in [5.74, 6) is 1.86. The van der Waals surface area contributed by atoms with E-state index < -0.39 is 0 Å². The topological polar surface area (TPSA) is 69.5 Å². The molecule has 26 heavy (non-hydrogen) atoms. The Morgan fingerprint density at radius 3 is 2.69 bits per heavy atom. The maximum absolute atomic E-state index is 13.0. The molecule has 3 heterocycles. The number of para-hydroxylation sites is 2. The van der Waals surface area contributed by atoms with Crippen molar-refractivity contribution in [2.24, 2.45) is 5.92 Å². The minimum atomic E-state index is 0.0239. The zero-order valence-corrected chi connectivity index (χ0v) is 14.5. The van der Waals surface area contributed by atoms with Gasteiger partial charge in [0.15, 0.2) is 0 Å². The number of aromatic nitrogens is 1. The molecule has 0 N–H and O–H groups in total. The van der Waals surface area contributed by atoms with Crippen molar-refractivity contribution in [1.29, 1.82) is 5.26 Å². The van der Waals surface area contributed by atoms with Gasteiger partial charge in [-0.15, -0.1) is 0 Å². The predicted octanol–water partition coefficient (Wildman–Crippen LogP) is 2.60. The van der Waals surface area contributed by atoms with Crippen molar-refractivity contribution in [3.05, 3.63) is 48.2 Å². The number of hydrogen-bond donors (Lipinski definition) is 0. The Bertz CT molecular complexity index is 836. The molecular weight excluding hydrogens is 328 g/mol. The zero-order chi connectivity index (χ0) is 17.9. The maximum Gasteiger partial charge on any atom is 0.230 e. The van der Waals surface area contributed by atoms with Gasteiger partial charge in [0, 0.05) is 25.2 Å². The van der Waals surface area contributed by atoms with Crippen LogP contribution in [0.3, 0.4) is 0 Å². The van der Waals surface area contributed by atoms with Crippen molar-refractivity contribution >= 4 is 17.4 Å². The van der Waals surface area contributed by atoms with Crippen LogP contribution in [-0.4, -0.2) is 37.1 Å². The maximum atomic E-state index is 13.0. The van der Waals surface area contributed by atoms with Crippen molar-refractivity contribution in [2.75, 3.05) is 36.0 Å². The highest BCUT2D eigenvalue weighted by atomic mass is 16.5. The van der Waals surface area contributed by atoms with E-state index in [1.165, 1.54) is 0 Å². The van der Waals surface area contributed by atoms with E-state index in [2.05, 4.69) is 16.0 Å². The third kappa shape index (κ3) is 3.08. The lowest BCUT2D eigenvalue weighted by Crippen LogP contribution is -2.45. The van der Waals surface area contributed by atoms with Gasteiger partial charge in [0.2, 0.25) is 5.91 Å². The first-order chi connectivity index (χ1) is 12.8. The Hall–Kier alpha value is -3.07. The van der Waals surface area contributed by atoms with Crippen molar-refractivity contribution < 1.29 is 9.53 Å². The predicted molar refractivity (Wildman–Crippen MR) is 98.2 cm³/mol. The van der Waals surface area contributed by atoms with Gasteiger partial charge < -0.3 is 14.5 Å². The fourth-order valence-corrected chi connectivity index (χ4v) is 3.61. The fraction of sp³-hybridized carbons (Fsp3) is 0.350. The molecule has 1 amide bonds. The summed E-state index contributed by atoms with van der Waals surface area (Å²) in [5.41, 5.74) is 1.43. The molecule has 0 saturated carbocycles. The number of ether oxygens (including phenoxy) is 1. The highest BCUT2D eigenvalue weighted by Gasteiger charge is 2.32. The number of carbonyl (C=O) groups is 1. The van der Waals surface area contributed by atoms with Crippen LogP contribution in [0.4, 0.5) is 11.5 Å². The molecule has 6 heteroatoms. The SMILES string of the molecule is N#Cc1ccc(N2CCC(C(=O)N3CCOc4ccccc43)CC2)nc1. The Morgan fingerprint density at radius 1 is 1.15 bits per heavy atom. The third-order valence-corrected chi connectivity index (χ3v) is 5.04. The molecule has 2 aromatic rings. The van der Waals surface area contributed by atoms with Crippen LogP contribution in [0.25, 0.3) is 0 Å². The molecule has 1 fully saturated rings. The van der Waals surface area contributed by atoms with Gasteiger partial charge >= 0.3 is 0 Å². The second kappa shape index (κ2) is 7.04. The number of amides is 1. The van der Waals surface area contributed by atoms with Crippen LogP contribution in [0, 0.1) is 17.2 Å². The summed E-state index contributed by atoms with van der Waals surface area (Å²) in [7, 11) is 0. The molecule has 4 rings (SSSR count). The van der Waals surface area contributed by atoms with Gasteiger partial charge in [-0.05, 0) is 37.1 Å². The first-order valence-corrected chi connectivity index (χ1v) is 8.90. The van der Waals surface area contributed by atoms with Gasteiger partial charge in [-0.3, -0.25) is 4.79 Å². The molecule has 2 aliphatic heterocycles. The van der Waals surface area contributed by atoms with Crippen LogP contribution in [0.2, 0.25) is 0 Å². The third-order valence-electron chi connectivity index (χ3n) is 5.04. The monoisotopic (exact) mass is 348 g/mol. The normalized spacial score (nSPS) is 17.2. The second-order valence-electron chi connectivity index (χ2n) is 6.58. The minimum Gasteiger partial charge on any atom is -0.490 e. The molecule has 0 atom stereocenters. The minimum absolute atomic E-state index is 0.0239. The van der Waals surface area contributed by atoms with Crippen LogP contribution in [-0.2, 0) is 4.79 Å². The molecule has 132 valence electrons. The van der Waals surface area contributed by atoms with Gasteiger partial charge in [-0.1, -0.05) is 12.1 Å². The number of nitrogens with zero attached hydrogens (tertiary/aromatic N) is 4. The van der Waals surface area contributed by atoms with E-state index in [9.17, 15) is 4.79 Å². The molecule has 1 saturated heterocycles. The lowest BCUT2D eigenvalue weighted by Gasteiger charge is -2.36. The second-order valence-corrected chi connectivity index (χ2v) is 6.58. The van der Waals surface area contributed by atoms with E-state index in [0.717, 1.165) is 43.2 Å². The van der Waals surface area contributed by atoms with Crippen molar-refractivity contribution in [3.8, 4) is 11.8 Å². The molecule has 0 radical (unpaired) electrons. The Kier molecular flexibility index (Phi) is 4.44. The number of nitriles is 1. The highest BCUT2D eigenvalue weighted by molar-refractivity contribution is 5.97. The summed E-state index contributed by atoms with van der Waals surface area (Å²) < 4.78 is 5.65. The average Bonchev–Trinajstić information content (AvgIpc) is 2.73. The number of hydrogen-bond acceptors (Lipinski definition) is 5. The first-order valence-electron chi connectivity index (χ1n) is 8.90. The van der Waals surface area contributed by atoms with Gasteiger partial charge in [-0.25, -0.2) is 4.98 Å². The molecule has 6 nitrogen and oxygen atoms in total. The quantitative estimate of drug-likeness (QED) is 0.834. The van der Waals surface area contributed by atoms with Crippen molar-refractivity contribution in [3.63, 3.8) is 0 Å². The molecule has 2 aliphatic rings. The number of fused-ring (bicyclic) bond motifs is 1. The Labute approximate surface area is 152 Å². The molecule has 1 aromatic heterocycles. The zero-order valence-electron chi connectivity index (χ0n) is 14.5. The Balaban J connectivity index is 1.42. The van der Waals surface area contributed by atoms with Crippen LogP contribution in [0.5, 0.6) is 5.75 Å². The standard InChI is InChI=1S/C20H20N4O2/c21-13-15-5-6-19(22-14-15)23-9-7-16(8-10-23)20(25)24-11-12-26-18-4-2-1-3-17(18)24/h1-6,14,16H,7-12H2. The van der Waals surface area contributed by atoms with E-state index in [-0.39, 0.29) is 11.8 Å². The highest BCUT2D eigenvalue weighted by Crippen LogP contribution is 2.33. The number of piperidine rings is 1. The average molecular weight is 348 g/mol. The van der Waals surface area contributed by atoms with Crippen LogP contribution in [0.15, 0.2) is 42.6 Å². The summed E-state index contributed by atoms with van der Waals surface area (Å²) in [6.45, 7) is 2.73. The summed E-state index contributed by atoms with van der Waals surface area (Å²) in [5, 5.41) is 8.87. The molecule has 0 bridgehead atoms. The van der Waals surface area contributed by atoms with Crippen molar-refractivity contribution in [1.82, 2.24) is 4.98 Å². The number of rotatable bonds is 2. The van der Waals surface area contributed by atoms with E-state index in [4.69, 9.17) is 10.00 Å². The Morgan fingerprint density at radius 2 is 1.96 bits per heavy atom. The van der Waals surface area contributed by atoms with Crippen LogP contribution < -0.4 is 14.5 Å². The molecule has 1 aromatic carbocycles. The van der Waals surface area contributed by atoms with Gasteiger partial charge in [0.25, 0.3) is 0 Å². The number of carbonyl (C=O) groups excluding carboxylic acids is 1. The number of anilines is 2. The van der Waals surface area contributed by atoms with Crippen LogP contribution >= 0.6 is 0 Å². The van der Waals surface area contributed by atoms with Crippen molar-refractivity contribution in [2.45, 2.75) is 12.8 Å². The van der Waals surface area contributed by atoms with Gasteiger partial charge in [0.05, 0.1) is 17.8 Å². The largest absolute Gasteiger partial charge is 0.490 e. The smallest absolute Gasteiger partial charge is 0.230 e. The van der Waals surface area contributed by atoms with E-state index in [1.54, 1.807) is 12.3 Å². The van der Waals surface area contributed by atoms with Gasteiger partial charge in [0.1, 0.15) is 24.2 Å².